The Morgan fingerprint density at radius 1 is 1.26 bits per heavy atom. The van der Waals surface area contributed by atoms with E-state index in [1.807, 2.05) is 49.4 Å². The number of carbonyl (C=O) groups is 1. The highest BCUT2D eigenvalue weighted by Gasteiger charge is 2.13. The third kappa shape index (κ3) is 5.57. The quantitative estimate of drug-likeness (QED) is 0.816. The zero-order chi connectivity index (χ0) is 16.7. The highest BCUT2D eigenvalue weighted by atomic mass is 32.2. The Morgan fingerprint density at radius 3 is 2.70 bits per heavy atom. The largest absolute Gasteiger partial charge is 0.325 e. The first-order valence-electron chi connectivity index (χ1n) is 7.46. The molecule has 0 bridgehead atoms. The lowest BCUT2D eigenvalue weighted by Gasteiger charge is -2.11. The minimum absolute atomic E-state index is 0.119. The smallest absolute Gasteiger partial charge is 0.237 e. The second-order valence-electron chi connectivity index (χ2n) is 5.24. The minimum atomic E-state index is -0.311. The van der Waals surface area contributed by atoms with E-state index in [2.05, 4.69) is 5.32 Å². The highest BCUT2D eigenvalue weighted by molar-refractivity contribution is 8.00. The van der Waals surface area contributed by atoms with Gasteiger partial charge in [0.25, 0.3) is 0 Å². The first-order valence-corrected chi connectivity index (χ1v) is 8.51. The molecule has 0 unspecified atom stereocenters. The van der Waals surface area contributed by atoms with Gasteiger partial charge in [0.05, 0.1) is 5.25 Å². The van der Waals surface area contributed by atoms with Crippen molar-refractivity contribution in [1.82, 2.24) is 0 Å². The molecule has 120 valence electrons. The maximum atomic E-state index is 13.5. The summed E-state index contributed by atoms with van der Waals surface area (Å²) in [7, 11) is 0. The van der Waals surface area contributed by atoms with Crippen LogP contribution in [0.4, 0.5) is 10.1 Å². The van der Waals surface area contributed by atoms with Gasteiger partial charge in [0.15, 0.2) is 0 Å². The Morgan fingerprint density at radius 2 is 2.00 bits per heavy atom. The lowest BCUT2D eigenvalue weighted by atomic mass is 10.2. The molecule has 2 aromatic carbocycles. The van der Waals surface area contributed by atoms with Crippen LogP contribution in [0.5, 0.6) is 0 Å². The maximum absolute atomic E-state index is 13.5. The average molecular weight is 329 g/mol. The van der Waals surface area contributed by atoms with Gasteiger partial charge in [-0.05, 0) is 37.1 Å². The van der Waals surface area contributed by atoms with Gasteiger partial charge >= 0.3 is 0 Å². The van der Waals surface area contributed by atoms with Crippen molar-refractivity contribution in [2.75, 3.05) is 11.1 Å². The van der Waals surface area contributed by atoms with Crippen molar-refractivity contribution < 1.29 is 9.18 Å². The van der Waals surface area contributed by atoms with Crippen molar-refractivity contribution >= 4 is 29.4 Å². The lowest BCUT2D eigenvalue weighted by molar-refractivity contribution is -0.115. The van der Waals surface area contributed by atoms with Crippen LogP contribution in [-0.2, 0) is 4.79 Å². The predicted octanol–water partition coefficient (Wildman–Crippen LogP) is 4.91. The lowest BCUT2D eigenvalue weighted by Crippen LogP contribution is -2.22. The van der Waals surface area contributed by atoms with E-state index in [0.29, 0.717) is 11.3 Å². The van der Waals surface area contributed by atoms with E-state index in [1.54, 1.807) is 19.1 Å². The zero-order valence-corrected chi connectivity index (χ0v) is 14.1. The van der Waals surface area contributed by atoms with Gasteiger partial charge < -0.3 is 5.32 Å². The summed E-state index contributed by atoms with van der Waals surface area (Å²) in [6.07, 6.45) is 4.07. The van der Waals surface area contributed by atoms with Crippen LogP contribution in [0, 0.1) is 12.7 Å². The molecule has 0 aromatic heterocycles. The average Bonchev–Trinajstić information content (AvgIpc) is 2.55. The molecule has 0 radical (unpaired) electrons. The van der Waals surface area contributed by atoms with E-state index in [-0.39, 0.29) is 17.0 Å². The molecular weight excluding hydrogens is 309 g/mol. The molecule has 0 heterocycles. The molecular formula is C19H20FNOS. The van der Waals surface area contributed by atoms with E-state index in [4.69, 9.17) is 0 Å². The molecule has 0 saturated heterocycles. The molecule has 4 heteroatoms. The van der Waals surface area contributed by atoms with Crippen LogP contribution in [-0.4, -0.2) is 16.9 Å². The molecule has 2 aromatic rings. The zero-order valence-electron chi connectivity index (χ0n) is 13.3. The van der Waals surface area contributed by atoms with Crippen molar-refractivity contribution in [3.63, 3.8) is 0 Å². The Hall–Kier alpha value is -2.07. The van der Waals surface area contributed by atoms with Crippen LogP contribution in [0.1, 0.15) is 18.1 Å². The fourth-order valence-corrected chi connectivity index (χ4v) is 2.64. The Labute approximate surface area is 140 Å². The number of aryl methyl sites for hydroxylation is 1. The summed E-state index contributed by atoms with van der Waals surface area (Å²) in [5, 5.41) is 2.54. The van der Waals surface area contributed by atoms with Crippen molar-refractivity contribution in [2.24, 2.45) is 0 Å². The fourth-order valence-electron chi connectivity index (χ4n) is 1.94. The normalized spacial score (nSPS) is 12.3. The third-order valence-electron chi connectivity index (χ3n) is 3.36. The molecule has 0 aliphatic carbocycles. The molecule has 1 N–H and O–H groups in total. The number of anilines is 1. The summed E-state index contributed by atoms with van der Waals surface area (Å²) < 4.78 is 13.5. The van der Waals surface area contributed by atoms with Crippen molar-refractivity contribution in [2.45, 2.75) is 19.1 Å². The van der Waals surface area contributed by atoms with Gasteiger partial charge in [0.1, 0.15) is 5.82 Å². The van der Waals surface area contributed by atoms with E-state index >= 15 is 0 Å². The standard InChI is InChI=1S/C19H20FNOS/c1-14-10-11-17(13-18(14)20)21-19(22)15(2)23-12-6-9-16-7-4-3-5-8-16/h3-11,13,15H,12H2,1-2H3,(H,21,22)/b9-6-/t15-/m0/s1. The molecule has 0 saturated carbocycles. The number of nitrogens with one attached hydrogen (secondary N) is 1. The monoisotopic (exact) mass is 329 g/mol. The van der Waals surface area contributed by atoms with Crippen molar-refractivity contribution in [3.8, 4) is 0 Å². The topological polar surface area (TPSA) is 29.1 Å². The van der Waals surface area contributed by atoms with Crippen molar-refractivity contribution in [1.29, 1.82) is 0 Å². The van der Waals surface area contributed by atoms with Gasteiger partial charge in [-0.15, -0.1) is 11.8 Å². The van der Waals surface area contributed by atoms with Gasteiger partial charge in [-0.25, -0.2) is 4.39 Å². The second kappa shape index (κ2) is 8.53. The van der Waals surface area contributed by atoms with Crippen LogP contribution >= 0.6 is 11.8 Å². The van der Waals surface area contributed by atoms with E-state index in [1.165, 1.54) is 17.8 Å². The molecule has 0 fully saturated rings. The summed E-state index contributed by atoms with van der Waals surface area (Å²) in [6, 6.07) is 14.7. The molecule has 2 nitrogen and oxygen atoms in total. The molecule has 2 rings (SSSR count). The highest BCUT2D eigenvalue weighted by Crippen LogP contribution is 2.17. The first kappa shape index (κ1) is 17.3. The maximum Gasteiger partial charge on any atom is 0.237 e. The summed E-state index contributed by atoms with van der Waals surface area (Å²) in [4.78, 5) is 12.1. The summed E-state index contributed by atoms with van der Waals surface area (Å²) in [5.41, 5.74) is 2.20. The van der Waals surface area contributed by atoms with Gasteiger partial charge in [-0.1, -0.05) is 48.6 Å². The Bertz CT molecular complexity index is 685. The summed E-state index contributed by atoms with van der Waals surface area (Å²) in [6.45, 7) is 3.54. The molecule has 0 aliphatic heterocycles. The Kier molecular flexibility index (Phi) is 6.41. The van der Waals surface area contributed by atoms with Crippen LogP contribution in [0.25, 0.3) is 6.08 Å². The predicted molar refractivity (Wildman–Crippen MR) is 97.2 cm³/mol. The Balaban J connectivity index is 1.80. The number of amides is 1. The van der Waals surface area contributed by atoms with E-state index in [0.717, 1.165) is 11.3 Å². The minimum Gasteiger partial charge on any atom is -0.325 e. The molecule has 23 heavy (non-hydrogen) atoms. The number of hydrogen-bond acceptors (Lipinski definition) is 2. The third-order valence-corrected chi connectivity index (χ3v) is 4.46. The molecule has 0 spiro atoms. The van der Waals surface area contributed by atoms with Crippen LogP contribution in [0.2, 0.25) is 0 Å². The van der Waals surface area contributed by atoms with Gasteiger partial charge in [-0.3, -0.25) is 4.79 Å². The summed E-state index contributed by atoms with van der Waals surface area (Å²) >= 11 is 1.54. The number of hydrogen-bond donors (Lipinski definition) is 1. The number of thioether (sulfide) groups is 1. The van der Waals surface area contributed by atoms with Gasteiger partial charge in [-0.2, -0.15) is 0 Å². The van der Waals surface area contributed by atoms with Crippen LogP contribution in [0.15, 0.2) is 54.6 Å². The molecule has 0 aliphatic rings. The number of halogens is 1. The van der Waals surface area contributed by atoms with Crippen LogP contribution in [0.3, 0.4) is 0 Å². The van der Waals surface area contributed by atoms with Crippen molar-refractivity contribution in [3.05, 3.63) is 71.6 Å². The molecule has 1 amide bonds. The number of rotatable bonds is 6. The van der Waals surface area contributed by atoms with Gasteiger partial charge in [0.2, 0.25) is 5.91 Å². The first-order chi connectivity index (χ1) is 11.1. The SMILES string of the molecule is Cc1ccc(NC(=O)[C@H](C)SC/C=C\c2ccccc2)cc1F. The number of carbonyl (C=O) groups excluding carboxylic acids is 1. The summed E-state index contributed by atoms with van der Waals surface area (Å²) in [5.74, 6) is 0.311. The number of benzene rings is 2. The second-order valence-corrected chi connectivity index (χ2v) is 6.62. The van der Waals surface area contributed by atoms with E-state index in [9.17, 15) is 9.18 Å². The fraction of sp³-hybridized carbons (Fsp3) is 0.211. The van der Waals surface area contributed by atoms with E-state index < -0.39 is 0 Å². The van der Waals surface area contributed by atoms with Gasteiger partial charge in [0, 0.05) is 11.4 Å². The van der Waals surface area contributed by atoms with Crippen LogP contribution < -0.4 is 5.32 Å². The molecule has 1 atom stereocenters.